The van der Waals surface area contributed by atoms with Crippen LogP contribution in [0.5, 0.6) is 0 Å². The summed E-state index contributed by atoms with van der Waals surface area (Å²) in [6.07, 6.45) is 0. The van der Waals surface area contributed by atoms with Crippen LogP contribution in [0.25, 0.3) is 20.9 Å². The quantitative estimate of drug-likeness (QED) is 0.248. The molecule has 0 aliphatic heterocycles. The third-order valence-corrected chi connectivity index (χ3v) is 9.34. The normalized spacial score (nSPS) is 11.1. The van der Waals surface area contributed by atoms with Crippen molar-refractivity contribution in [2.24, 2.45) is 0 Å². The lowest BCUT2D eigenvalue weighted by Gasteiger charge is -2.05. The van der Waals surface area contributed by atoms with E-state index in [2.05, 4.69) is 115 Å². The molecule has 0 saturated heterocycles. The monoisotopic (exact) mass is 427 g/mol. The topological polar surface area (TPSA) is 0 Å². The molecule has 0 nitrogen and oxygen atoms in total. The Labute approximate surface area is 182 Å². The maximum atomic E-state index is 2.30. The van der Waals surface area contributed by atoms with E-state index in [-0.39, 0.29) is 10.9 Å². The minimum Gasteiger partial charge on any atom is -0.144 e. The van der Waals surface area contributed by atoms with Gasteiger partial charge in [-0.05, 0) is 52.9 Å². The van der Waals surface area contributed by atoms with Gasteiger partial charge in [-0.25, -0.2) is 0 Å². The Balaban J connectivity index is 1.50. The zero-order chi connectivity index (χ0) is 19.5. The van der Waals surface area contributed by atoms with E-state index in [1.807, 2.05) is 11.3 Å². The highest BCUT2D eigenvalue weighted by Crippen LogP contribution is 2.39. The smallest absolute Gasteiger partial charge is 0.144 e. The van der Waals surface area contributed by atoms with Crippen LogP contribution >= 0.6 is 22.7 Å². The predicted molar refractivity (Wildman–Crippen MR) is 128 cm³/mol. The van der Waals surface area contributed by atoms with Gasteiger partial charge in [-0.1, -0.05) is 78.1 Å². The van der Waals surface area contributed by atoms with Crippen LogP contribution in [0.4, 0.5) is 0 Å². The molecule has 0 amide bonds. The average Bonchev–Trinajstić information content (AvgIpc) is 3.49. The highest BCUT2D eigenvalue weighted by molar-refractivity contribution is 7.99. The molecular formula is C26H19S3+. The minimum absolute atomic E-state index is 0.0761. The van der Waals surface area contributed by atoms with E-state index in [1.165, 1.54) is 34.9 Å². The van der Waals surface area contributed by atoms with Gasteiger partial charge < -0.3 is 0 Å². The first-order valence-electron chi connectivity index (χ1n) is 9.47. The molecule has 29 heavy (non-hydrogen) atoms. The van der Waals surface area contributed by atoms with E-state index in [0.29, 0.717) is 0 Å². The van der Waals surface area contributed by atoms with E-state index in [1.54, 1.807) is 11.3 Å². The van der Waals surface area contributed by atoms with Crippen LogP contribution in [0.1, 0.15) is 0 Å². The van der Waals surface area contributed by atoms with Crippen molar-refractivity contribution in [3.8, 4) is 20.9 Å². The first-order valence-corrected chi connectivity index (χ1v) is 12.4. The van der Waals surface area contributed by atoms with Crippen molar-refractivity contribution in [1.82, 2.24) is 0 Å². The van der Waals surface area contributed by atoms with Crippen LogP contribution in [0.2, 0.25) is 0 Å². The molecule has 5 aromatic rings. The van der Waals surface area contributed by atoms with Crippen molar-refractivity contribution in [2.75, 3.05) is 0 Å². The van der Waals surface area contributed by atoms with Gasteiger partial charge in [0.1, 0.15) is 10.9 Å². The molecule has 0 radical (unpaired) electrons. The Hall–Kier alpha value is -2.59. The molecule has 2 aromatic heterocycles. The van der Waals surface area contributed by atoms with Crippen LogP contribution in [-0.2, 0) is 10.9 Å². The Morgan fingerprint density at radius 3 is 1.62 bits per heavy atom. The predicted octanol–water partition coefficient (Wildman–Crippen LogP) is 8.24. The molecule has 3 aromatic carbocycles. The van der Waals surface area contributed by atoms with E-state index in [4.69, 9.17) is 0 Å². The molecule has 0 bridgehead atoms. The van der Waals surface area contributed by atoms with Crippen molar-refractivity contribution >= 4 is 33.6 Å². The van der Waals surface area contributed by atoms with Crippen LogP contribution in [0.3, 0.4) is 0 Å². The zero-order valence-electron chi connectivity index (χ0n) is 15.7. The Bertz CT molecular complexity index is 1130. The largest absolute Gasteiger partial charge is 0.220 e. The van der Waals surface area contributed by atoms with Crippen LogP contribution in [0.15, 0.2) is 129 Å². The van der Waals surface area contributed by atoms with Crippen molar-refractivity contribution in [2.45, 2.75) is 14.0 Å². The molecule has 2 heterocycles. The lowest BCUT2D eigenvalue weighted by molar-refractivity contribution is 1.36. The van der Waals surface area contributed by atoms with E-state index in [0.717, 1.165) is 0 Å². The summed E-state index contributed by atoms with van der Waals surface area (Å²) in [5.41, 5.74) is 2.57. The lowest BCUT2D eigenvalue weighted by atomic mass is 10.1. The van der Waals surface area contributed by atoms with Crippen LogP contribution in [-0.4, -0.2) is 0 Å². The summed E-state index contributed by atoms with van der Waals surface area (Å²) >= 11 is 3.69. The third-order valence-electron chi connectivity index (χ3n) is 4.72. The van der Waals surface area contributed by atoms with Gasteiger partial charge in [0.2, 0.25) is 4.21 Å². The second-order valence-electron chi connectivity index (χ2n) is 6.61. The van der Waals surface area contributed by atoms with Gasteiger partial charge in [-0.15, -0.1) is 11.3 Å². The van der Waals surface area contributed by atoms with Crippen molar-refractivity contribution in [3.63, 3.8) is 0 Å². The molecule has 0 spiro atoms. The van der Waals surface area contributed by atoms with Crippen molar-refractivity contribution in [1.29, 1.82) is 0 Å². The number of thiophene rings is 2. The second-order valence-corrected chi connectivity index (χ2v) is 10.9. The Morgan fingerprint density at radius 1 is 0.483 bits per heavy atom. The number of hydrogen-bond donors (Lipinski definition) is 0. The van der Waals surface area contributed by atoms with Gasteiger partial charge in [-0.2, -0.15) is 0 Å². The lowest BCUT2D eigenvalue weighted by Crippen LogP contribution is -2.02. The standard InChI is InChI=1S/C26H19S3/c1-3-8-22(9-4-1)29(23-10-5-2-6-11-23)26-18-17-25(28-26)21-15-13-20(14-16-21)24-12-7-19-27-24/h1-19H/q+1. The fourth-order valence-electron chi connectivity index (χ4n) is 3.31. The molecule has 0 fully saturated rings. The molecule has 0 N–H and O–H groups in total. The fourth-order valence-corrected chi connectivity index (χ4v) is 7.76. The SMILES string of the molecule is c1ccc([S+](c2ccccc2)c2ccc(-c3ccc(-c4cccs4)cc3)s2)cc1. The summed E-state index contributed by atoms with van der Waals surface area (Å²) in [7, 11) is -0.0761. The second kappa shape index (κ2) is 8.42. The van der Waals surface area contributed by atoms with Gasteiger partial charge in [0.15, 0.2) is 9.79 Å². The number of rotatable bonds is 5. The summed E-state index contributed by atoms with van der Waals surface area (Å²) in [5, 5.41) is 2.13. The van der Waals surface area contributed by atoms with E-state index in [9.17, 15) is 0 Å². The highest BCUT2D eigenvalue weighted by Gasteiger charge is 2.30. The molecule has 0 aliphatic rings. The minimum atomic E-state index is -0.0761. The maximum absolute atomic E-state index is 2.30. The summed E-state index contributed by atoms with van der Waals surface area (Å²) in [5.74, 6) is 0. The van der Waals surface area contributed by atoms with Crippen LogP contribution < -0.4 is 0 Å². The Morgan fingerprint density at radius 2 is 1.07 bits per heavy atom. The molecule has 140 valence electrons. The molecular weight excluding hydrogens is 408 g/mol. The molecule has 0 unspecified atom stereocenters. The molecule has 5 rings (SSSR count). The fraction of sp³-hybridized carbons (Fsp3) is 0. The highest BCUT2D eigenvalue weighted by atomic mass is 32.2. The van der Waals surface area contributed by atoms with Gasteiger partial charge in [0.25, 0.3) is 0 Å². The number of hydrogen-bond acceptors (Lipinski definition) is 2. The van der Waals surface area contributed by atoms with Crippen LogP contribution in [0, 0.1) is 0 Å². The summed E-state index contributed by atoms with van der Waals surface area (Å²) in [4.78, 5) is 5.36. The summed E-state index contributed by atoms with van der Waals surface area (Å²) in [6.45, 7) is 0. The summed E-state index contributed by atoms with van der Waals surface area (Å²) < 4.78 is 1.40. The summed E-state index contributed by atoms with van der Waals surface area (Å²) in [6, 6.07) is 39.5. The number of benzene rings is 3. The molecule has 0 atom stereocenters. The first kappa shape index (κ1) is 18.4. The van der Waals surface area contributed by atoms with Crippen molar-refractivity contribution in [3.05, 3.63) is 115 Å². The van der Waals surface area contributed by atoms with Gasteiger partial charge in [0.05, 0.1) is 0 Å². The van der Waals surface area contributed by atoms with Gasteiger partial charge >= 0.3 is 0 Å². The van der Waals surface area contributed by atoms with Gasteiger partial charge in [-0.3, -0.25) is 0 Å². The first-order chi connectivity index (χ1) is 14.4. The van der Waals surface area contributed by atoms with Crippen molar-refractivity contribution < 1.29 is 0 Å². The third kappa shape index (κ3) is 3.95. The van der Waals surface area contributed by atoms with E-state index >= 15 is 0 Å². The maximum Gasteiger partial charge on any atom is 0.220 e. The van der Waals surface area contributed by atoms with E-state index < -0.39 is 0 Å². The zero-order valence-corrected chi connectivity index (χ0v) is 18.1. The molecule has 0 aliphatic carbocycles. The average molecular weight is 428 g/mol. The van der Waals surface area contributed by atoms with Gasteiger partial charge in [0, 0.05) is 15.8 Å². The molecule has 3 heteroatoms. The molecule has 0 saturated carbocycles. The Kier molecular flexibility index (Phi) is 5.35.